The Morgan fingerprint density at radius 3 is 2.47 bits per heavy atom. The fraction of sp³-hybridized carbons (Fsp3) is 0.625. The molecule has 0 aromatic heterocycles. The fourth-order valence-electron chi connectivity index (χ4n) is 1.87. The molecule has 0 bridgehead atoms. The van der Waals surface area contributed by atoms with E-state index in [1.54, 1.807) is 7.11 Å². The van der Waals surface area contributed by atoms with Crippen LogP contribution in [0.1, 0.15) is 33.3 Å². The molecule has 0 radical (unpaired) electrons. The number of nitrogens with zero attached hydrogens (tertiary/aromatic N) is 1. The molecule has 0 fully saturated rings. The van der Waals surface area contributed by atoms with E-state index in [1.807, 2.05) is 12.1 Å². The van der Waals surface area contributed by atoms with E-state index in [-0.39, 0.29) is 5.54 Å². The number of para-hydroxylation sites is 1. The summed E-state index contributed by atoms with van der Waals surface area (Å²) in [5.74, 6) is 0.963. The molecule has 1 rings (SSSR count). The zero-order valence-corrected chi connectivity index (χ0v) is 13.2. The number of nitrogens with one attached hydrogen (secondary N) is 1. The topological polar surface area (TPSA) is 24.5 Å². The van der Waals surface area contributed by atoms with Crippen molar-refractivity contribution in [3.8, 4) is 5.75 Å². The number of likely N-dealkylation sites (N-methyl/N-ethyl adjacent to an activating group) is 1. The van der Waals surface area contributed by atoms with Gasteiger partial charge >= 0.3 is 0 Å². The number of hydrogen-bond acceptors (Lipinski definition) is 3. The van der Waals surface area contributed by atoms with Crippen LogP contribution in [0, 0.1) is 0 Å². The highest BCUT2D eigenvalue weighted by atomic mass is 16.5. The number of methoxy groups -OCH3 is 1. The van der Waals surface area contributed by atoms with Crippen molar-refractivity contribution in [1.29, 1.82) is 0 Å². The van der Waals surface area contributed by atoms with Crippen LogP contribution in [0.25, 0.3) is 0 Å². The molecule has 0 saturated heterocycles. The van der Waals surface area contributed by atoms with Gasteiger partial charge in [0.05, 0.1) is 7.11 Å². The van der Waals surface area contributed by atoms with Gasteiger partial charge < -0.3 is 10.1 Å². The molecule has 108 valence electrons. The van der Waals surface area contributed by atoms with E-state index in [4.69, 9.17) is 4.74 Å². The van der Waals surface area contributed by atoms with Crippen molar-refractivity contribution < 1.29 is 4.74 Å². The largest absolute Gasteiger partial charge is 0.496 e. The molecule has 3 nitrogen and oxygen atoms in total. The van der Waals surface area contributed by atoms with E-state index in [9.17, 15) is 0 Å². The second-order valence-electron chi connectivity index (χ2n) is 6.21. The predicted octanol–water partition coefficient (Wildman–Crippen LogP) is 2.90. The Labute approximate surface area is 118 Å². The Hall–Kier alpha value is -1.06. The molecule has 19 heavy (non-hydrogen) atoms. The molecular weight excluding hydrogens is 236 g/mol. The third-order valence-corrected chi connectivity index (χ3v) is 3.29. The van der Waals surface area contributed by atoms with Gasteiger partial charge in [0.15, 0.2) is 0 Å². The van der Waals surface area contributed by atoms with E-state index < -0.39 is 0 Å². The Morgan fingerprint density at radius 2 is 1.89 bits per heavy atom. The second kappa shape index (κ2) is 6.92. The lowest BCUT2D eigenvalue weighted by Crippen LogP contribution is -2.45. The maximum absolute atomic E-state index is 5.40. The first-order chi connectivity index (χ1) is 8.83. The highest BCUT2D eigenvalue weighted by Gasteiger charge is 2.15. The number of rotatable bonds is 6. The van der Waals surface area contributed by atoms with Crippen molar-refractivity contribution in [2.45, 2.75) is 45.8 Å². The van der Waals surface area contributed by atoms with Gasteiger partial charge in [-0.25, -0.2) is 0 Å². The molecule has 0 saturated carbocycles. The molecule has 1 atom stereocenters. The van der Waals surface area contributed by atoms with Crippen LogP contribution in [0.15, 0.2) is 24.3 Å². The number of hydrogen-bond donors (Lipinski definition) is 1. The summed E-state index contributed by atoms with van der Waals surface area (Å²) in [4.78, 5) is 2.34. The van der Waals surface area contributed by atoms with Crippen LogP contribution in [-0.4, -0.2) is 37.2 Å². The first-order valence-electron chi connectivity index (χ1n) is 6.90. The monoisotopic (exact) mass is 264 g/mol. The summed E-state index contributed by atoms with van der Waals surface area (Å²) in [7, 11) is 3.88. The average molecular weight is 264 g/mol. The van der Waals surface area contributed by atoms with Gasteiger partial charge in [0.2, 0.25) is 0 Å². The van der Waals surface area contributed by atoms with Gasteiger partial charge in [-0.1, -0.05) is 18.2 Å². The summed E-state index contributed by atoms with van der Waals surface area (Å²) in [6, 6.07) is 8.68. The second-order valence-corrected chi connectivity index (χ2v) is 6.21. The maximum atomic E-state index is 5.40. The van der Waals surface area contributed by atoms with Crippen molar-refractivity contribution in [2.75, 3.05) is 20.7 Å². The summed E-state index contributed by atoms with van der Waals surface area (Å²) >= 11 is 0. The number of ether oxygens (including phenoxy) is 1. The summed E-state index contributed by atoms with van der Waals surface area (Å²) < 4.78 is 5.40. The Bertz CT molecular complexity index is 385. The van der Waals surface area contributed by atoms with Gasteiger partial charge in [-0.05, 0) is 40.8 Å². The maximum Gasteiger partial charge on any atom is 0.123 e. The molecule has 0 aliphatic rings. The first kappa shape index (κ1) is 16.0. The minimum absolute atomic E-state index is 0.166. The van der Waals surface area contributed by atoms with Gasteiger partial charge in [-0.15, -0.1) is 0 Å². The summed E-state index contributed by atoms with van der Waals surface area (Å²) in [6.45, 7) is 10.7. The van der Waals surface area contributed by atoms with E-state index in [2.05, 4.69) is 57.1 Å². The molecule has 1 N–H and O–H groups in total. The minimum atomic E-state index is 0.166. The van der Waals surface area contributed by atoms with Crippen molar-refractivity contribution in [2.24, 2.45) is 0 Å². The van der Waals surface area contributed by atoms with Crippen molar-refractivity contribution in [1.82, 2.24) is 10.2 Å². The van der Waals surface area contributed by atoms with Gasteiger partial charge in [-0.3, -0.25) is 4.90 Å². The zero-order valence-electron chi connectivity index (χ0n) is 13.2. The highest BCUT2D eigenvalue weighted by Crippen LogP contribution is 2.19. The SMILES string of the molecule is COc1ccccc1CN(C)C(C)CNC(C)(C)C. The molecule has 0 spiro atoms. The molecule has 1 unspecified atom stereocenters. The third kappa shape index (κ3) is 5.62. The van der Waals surface area contributed by atoms with Crippen molar-refractivity contribution in [3.05, 3.63) is 29.8 Å². The zero-order chi connectivity index (χ0) is 14.5. The molecule has 0 aliphatic carbocycles. The Balaban J connectivity index is 2.56. The molecule has 0 amide bonds. The molecule has 0 aliphatic heterocycles. The van der Waals surface area contributed by atoms with E-state index in [0.29, 0.717) is 6.04 Å². The van der Waals surface area contributed by atoms with E-state index >= 15 is 0 Å². The van der Waals surface area contributed by atoms with E-state index in [1.165, 1.54) is 5.56 Å². The van der Waals surface area contributed by atoms with Crippen molar-refractivity contribution >= 4 is 0 Å². The summed E-state index contributed by atoms with van der Waals surface area (Å²) in [5.41, 5.74) is 1.40. The van der Waals surface area contributed by atoms with Gasteiger partial charge in [0, 0.05) is 30.2 Å². The standard InChI is InChI=1S/C16H28N2O/c1-13(11-17-16(2,3)4)18(5)12-14-9-7-8-10-15(14)19-6/h7-10,13,17H,11-12H2,1-6H3. The Kier molecular flexibility index (Phi) is 5.83. The van der Waals surface area contributed by atoms with Crippen LogP contribution in [0.5, 0.6) is 5.75 Å². The molecule has 1 aromatic carbocycles. The third-order valence-electron chi connectivity index (χ3n) is 3.29. The summed E-state index contributed by atoms with van der Waals surface area (Å²) in [6.07, 6.45) is 0. The van der Waals surface area contributed by atoms with Gasteiger partial charge in [0.1, 0.15) is 5.75 Å². The molecular formula is C16H28N2O. The first-order valence-corrected chi connectivity index (χ1v) is 6.90. The fourth-order valence-corrected chi connectivity index (χ4v) is 1.87. The van der Waals surface area contributed by atoms with Crippen LogP contribution in [-0.2, 0) is 6.54 Å². The predicted molar refractivity (Wildman–Crippen MR) is 81.7 cm³/mol. The number of benzene rings is 1. The van der Waals surface area contributed by atoms with Crippen LogP contribution >= 0.6 is 0 Å². The summed E-state index contributed by atoms with van der Waals surface area (Å²) in [5, 5.41) is 3.54. The highest BCUT2D eigenvalue weighted by molar-refractivity contribution is 5.33. The quantitative estimate of drug-likeness (QED) is 0.855. The van der Waals surface area contributed by atoms with E-state index in [0.717, 1.165) is 18.8 Å². The van der Waals surface area contributed by atoms with Gasteiger partial charge in [0.25, 0.3) is 0 Å². The van der Waals surface area contributed by atoms with Gasteiger partial charge in [-0.2, -0.15) is 0 Å². The lowest BCUT2D eigenvalue weighted by molar-refractivity contribution is 0.226. The minimum Gasteiger partial charge on any atom is -0.496 e. The molecule has 0 heterocycles. The van der Waals surface area contributed by atoms with Crippen LogP contribution in [0.3, 0.4) is 0 Å². The Morgan fingerprint density at radius 1 is 1.26 bits per heavy atom. The van der Waals surface area contributed by atoms with Crippen LogP contribution < -0.4 is 10.1 Å². The lowest BCUT2D eigenvalue weighted by Gasteiger charge is -2.29. The van der Waals surface area contributed by atoms with Crippen LogP contribution in [0.2, 0.25) is 0 Å². The van der Waals surface area contributed by atoms with Crippen LogP contribution in [0.4, 0.5) is 0 Å². The normalized spacial score (nSPS) is 13.6. The molecule has 1 aromatic rings. The lowest BCUT2D eigenvalue weighted by atomic mass is 10.1. The average Bonchev–Trinajstić information content (AvgIpc) is 2.35. The van der Waals surface area contributed by atoms with Crippen molar-refractivity contribution in [3.63, 3.8) is 0 Å². The smallest absolute Gasteiger partial charge is 0.123 e. The molecule has 3 heteroatoms.